The molecule has 0 saturated carbocycles. The molecule has 3 heterocycles. The van der Waals surface area contributed by atoms with E-state index >= 15 is 0 Å². The molecular weight excluding hydrogens is 347 g/mol. The van der Waals surface area contributed by atoms with Gasteiger partial charge in [0.2, 0.25) is 0 Å². The van der Waals surface area contributed by atoms with Gasteiger partial charge in [0.1, 0.15) is 16.7 Å². The number of likely N-dealkylation sites (tertiary alicyclic amines) is 1. The third-order valence-corrected chi connectivity index (χ3v) is 6.20. The van der Waals surface area contributed by atoms with Gasteiger partial charge in [-0.1, -0.05) is 13.3 Å². The molecular formula is C20H25FN4S. The Hall–Kier alpha value is -1.92. The quantitative estimate of drug-likeness (QED) is 0.806. The Morgan fingerprint density at radius 1 is 1.12 bits per heavy atom. The lowest BCUT2D eigenvalue weighted by molar-refractivity contribution is 0.235. The van der Waals surface area contributed by atoms with Crippen LogP contribution in [-0.4, -0.2) is 36.9 Å². The molecule has 0 unspecified atom stereocenters. The van der Waals surface area contributed by atoms with Gasteiger partial charge < -0.3 is 15.5 Å². The number of aliphatic imine (C=N–C) groups is 1. The minimum absolute atomic E-state index is 0.245. The topological polar surface area (TPSA) is 39.7 Å². The van der Waals surface area contributed by atoms with Gasteiger partial charge in [-0.15, -0.1) is 11.3 Å². The highest BCUT2D eigenvalue weighted by Crippen LogP contribution is 2.37. The molecule has 1 aromatic heterocycles. The van der Waals surface area contributed by atoms with Gasteiger partial charge >= 0.3 is 0 Å². The molecule has 26 heavy (non-hydrogen) atoms. The summed E-state index contributed by atoms with van der Waals surface area (Å²) in [4.78, 5) is 8.67. The van der Waals surface area contributed by atoms with Crippen LogP contribution < -0.4 is 10.6 Å². The molecule has 2 aliphatic heterocycles. The molecule has 2 aliphatic rings. The van der Waals surface area contributed by atoms with E-state index in [1.807, 2.05) is 0 Å². The van der Waals surface area contributed by atoms with Crippen LogP contribution in [0.1, 0.15) is 36.6 Å². The van der Waals surface area contributed by atoms with Gasteiger partial charge in [-0.3, -0.25) is 4.99 Å². The number of aryl methyl sites for hydroxylation is 1. The second-order valence-corrected chi connectivity index (χ2v) is 8.02. The van der Waals surface area contributed by atoms with Gasteiger partial charge in [-0.05, 0) is 56.6 Å². The van der Waals surface area contributed by atoms with Gasteiger partial charge in [0, 0.05) is 11.4 Å². The summed E-state index contributed by atoms with van der Waals surface area (Å²) in [5.74, 6) is 0.593. The molecule has 2 N–H and O–H groups in total. The van der Waals surface area contributed by atoms with Crippen molar-refractivity contribution in [1.82, 2.24) is 4.90 Å². The molecule has 1 aromatic carbocycles. The third kappa shape index (κ3) is 3.76. The zero-order valence-electron chi connectivity index (χ0n) is 15.1. The molecule has 0 bridgehead atoms. The van der Waals surface area contributed by atoms with Crippen LogP contribution in [0.4, 0.5) is 20.8 Å². The van der Waals surface area contributed by atoms with E-state index in [9.17, 15) is 4.39 Å². The Kier molecular flexibility index (Phi) is 5.22. The lowest BCUT2D eigenvalue weighted by atomic mass is 10.1. The van der Waals surface area contributed by atoms with E-state index in [4.69, 9.17) is 4.99 Å². The largest absolute Gasteiger partial charge is 0.345 e. The van der Waals surface area contributed by atoms with Crippen LogP contribution in [-0.2, 0) is 6.42 Å². The maximum absolute atomic E-state index is 13.7. The average Bonchev–Trinajstić information content (AvgIpc) is 3.01. The van der Waals surface area contributed by atoms with Crippen molar-refractivity contribution in [3.05, 3.63) is 40.5 Å². The van der Waals surface area contributed by atoms with Crippen LogP contribution in [0.2, 0.25) is 0 Å². The monoisotopic (exact) mass is 372 g/mol. The van der Waals surface area contributed by atoms with E-state index in [-0.39, 0.29) is 5.82 Å². The molecule has 0 amide bonds. The first kappa shape index (κ1) is 17.5. The Balaban J connectivity index is 1.60. The van der Waals surface area contributed by atoms with Crippen LogP contribution in [0.5, 0.6) is 0 Å². The van der Waals surface area contributed by atoms with Crippen molar-refractivity contribution in [3.63, 3.8) is 0 Å². The zero-order chi connectivity index (χ0) is 17.9. The minimum atomic E-state index is -0.245. The lowest BCUT2D eigenvalue weighted by Crippen LogP contribution is -2.32. The number of benzene rings is 1. The molecule has 0 spiro atoms. The summed E-state index contributed by atoms with van der Waals surface area (Å²) >= 11 is 1.75. The van der Waals surface area contributed by atoms with Gasteiger partial charge in [-0.25, -0.2) is 4.39 Å². The van der Waals surface area contributed by atoms with Crippen LogP contribution >= 0.6 is 11.3 Å². The van der Waals surface area contributed by atoms with Crippen molar-refractivity contribution >= 4 is 33.5 Å². The summed E-state index contributed by atoms with van der Waals surface area (Å²) in [6.45, 7) is 6.25. The fraction of sp³-hybridized carbons (Fsp3) is 0.450. The second-order valence-electron chi connectivity index (χ2n) is 6.88. The number of thiophene rings is 1. The third-order valence-electron chi connectivity index (χ3n) is 5.00. The molecule has 0 aliphatic carbocycles. The number of hydrogen-bond donors (Lipinski definition) is 2. The van der Waals surface area contributed by atoms with Crippen molar-refractivity contribution in [1.29, 1.82) is 0 Å². The highest BCUT2D eigenvalue weighted by Gasteiger charge is 2.21. The van der Waals surface area contributed by atoms with Crippen LogP contribution in [0.15, 0.2) is 29.3 Å². The van der Waals surface area contributed by atoms with E-state index in [0.717, 1.165) is 47.3 Å². The van der Waals surface area contributed by atoms with Crippen LogP contribution in [0, 0.1) is 5.82 Å². The number of piperidine rings is 1. The van der Waals surface area contributed by atoms with E-state index in [0.29, 0.717) is 0 Å². The summed E-state index contributed by atoms with van der Waals surface area (Å²) in [5.41, 5.74) is 2.71. The first-order valence-corrected chi connectivity index (χ1v) is 10.3. The summed E-state index contributed by atoms with van der Waals surface area (Å²) < 4.78 is 13.7. The van der Waals surface area contributed by atoms with Crippen molar-refractivity contribution < 1.29 is 4.39 Å². The Morgan fingerprint density at radius 2 is 1.96 bits per heavy atom. The van der Waals surface area contributed by atoms with Gasteiger partial charge in [0.15, 0.2) is 0 Å². The van der Waals surface area contributed by atoms with E-state index in [2.05, 4.69) is 28.5 Å². The van der Waals surface area contributed by atoms with Gasteiger partial charge in [0.25, 0.3) is 0 Å². The molecule has 138 valence electrons. The normalized spacial score (nSPS) is 18.6. The SMILES string of the molecule is CCc1cc2c(s1)Nc1ccc(F)cc1NC2=NCCN1CCCCC1. The van der Waals surface area contributed by atoms with Gasteiger partial charge in [0.05, 0.1) is 23.5 Å². The fourth-order valence-corrected chi connectivity index (χ4v) is 4.55. The number of anilines is 3. The zero-order valence-corrected chi connectivity index (χ0v) is 16.0. The maximum Gasteiger partial charge on any atom is 0.135 e. The van der Waals surface area contributed by atoms with E-state index < -0.39 is 0 Å². The van der Waals surface area contributed by atoms with Crippen molar-refractivity contribution in [2.24, 2.45) is 4.99 Å². The molecule has 4 nitrogen and oxygen atoms in total. The Morgan fingerprint density at radius 3 is 2.77 bits per heavy atom. The summed E-state index contributed by atoms with van der Waals surface area (Å²) in [6, 6.07) is 6.99. The van der Waals surface area contributed by atoms with Crippen molar-refractivity contribution in [3.8, 4) is 0 Å². The lowest BCUT2D eigenvalue weighted by Gasteiger charge is -2.25. The predicted octanol–water partition coefficient (Wildman–Crippen LogP) is 4.85. The molecule has 0 atom stereocenters. The Labute approximate surface area is 158 Å². The Bertz CT molecular complexity index is 808. The number of rotatable bonds is 4. The number of hydrogen-bond acceptors (Lipinski definition) is 4. The van der Waals surface area contributed by atoms with Crippen molar-refractivity contribution in [2.75, 3.05) is 36.8 Å². The molecule has 1 saturated heterocycles. The first-order valence-electron chi connectivity index (χ1n) is 9.46. The number of nitrogens with one attached hydrogen (secondary N) is 2. The summed E-state index contributed by atoms with van der Waals surface area (Å²) in [6.07, 6.45) is 4.93. The van der Waals surface area contributed by atoms with Gasteiger partial charge in [-0.2, -0.15) is 0 Å². The fourth-order valence-electron chi connectivity index (χ4n) is 3.54. The predicted molar refractivity (Wildman–Crippen MR) is 109 cm³/mol. The molecule has 6 heteroatoms. The summed E-state index contributed by atoms with van der Waals surface area (Å²) in [5, 5.41) is 7.90. The number of amidine groups is 1. The number of halogens is 1. The number of nitrogens with zero attached hydrogens (tertiary/aromatic N) is 2. The highest BCUT2D eigenvalue weighted by molar-refractivity contribution is 7.16. The highest BCUT2D eigenvalue weighted by atomic mass is 32.1. The molecule has 2 aromatic rings. The first-order chi connectivity index (χ1) is 12.7. The van der Waals surface area contributed by atoms with Crippen LogP contribution in [0.3, 0.4) is 0 Å². The van der Waals surface area contributed by atoms with E-state index in [1.54, 1.807) is 17.4 Å². The second kappa shape index (κ2) is 7.76. The molecule has 0 radical (unpaired) electrons. The van der Waals surface area contributed by atoms with Crippen molar-refractivity contribution in [2.45, 2.75) is 32.6 Å². The minimum Gasteiger partial charge on any atom is -0.345 e. The average molecular weight is 373 g/mol. The number of fused-ring (bicyclic) bond motifs is 2. The standard InChI is InChI=1S/C20H25FN4S/c1-2-15-13-16-19(22-8-11-25-9-4-3-5-10-25)23-18-12-14(21)6-7-17(18)24-20(16)26-15/h6-7,12-13,24H,2-5,8-11H2,1H3,(H,22,23). The molecule has 4 rings (SSSR count). The summed E-state index contributed by atoms with van der Waals surface area (Å²) in [7, 11) is 0. The van der Waals surface area contributed by atoms with Crippen LogP contribution in [0.25, 0.3) is 0 Å². The molecule has 1 fully saturated rings. The maximum atomic E-state index is 13.7. The van der Waals surface area contributed by atoms with E-state index in [1.165, 1.54) is 49.4 Å². The smallest absolute Gasteiger partial charge is 0.135 e.